The molecule has 1 heterocycles. The van der Waals surface area contributed by atoms with E-state index in [4.69, 9.17) is 30.5 Å². The molecule has 11 nitrogen and oxygen atoms in total. The molecule has 1 atom stereocenters. The predicted octanol–water partition coefficient (Wildman–Crippen LogP) is 9.10. The van der Waals surface area contributed by atoms with Crippen molar-refractivity contribution in [3.05, 3.63) is 81.9 Å². The lowest BCUT2D eigenvalue weighted by atomic mass is 10.0. The van der Waals surface area contributed by atoms with Crippen molar-refractivity contribution in [3.63, 3.8) is 0 Å². The second kappa shape index (κ2) is 22.7. The summed E-state index contributed by atoms with van der Waals surface area (Å²) in [5.74, 6) is -6.58. The van der Waals surface area contributed by atoms with Crippen LogP contribution in [0.2, 0.25) is 5.15 Å². The molecule has 0 aliphatic carbocycles. The zero-order valence-electron chi connectivity index (χ0n) is 33.1. The number of unbranched alkanes of at least 4 members (excludes halogenated alkanes) is 9. The summed E-state index contributed by atoms with van der Waals surface area (Å²) in [6.07, 6.45) is 10.8. The highest BCUT2D eigenvalue weighted by Gasteiger charge is 2.36. The monoisotopic (exact) mass is 806 g/mol. The summed E-state index contributed by atoms with van der Waals surface area (Å²) in [7, 11) is 3.83. The van der Waals surface area contributed by atoms with Gasteiger partial charge in [-0.2, -0.15) is 4.39 Å². The van der Waals surface area contributed by atoms with Gasteiger partial charge < -0.3 is 34.5 Å². The maximum Gasteiger partial charge on any atom is 0.407 e. The van der Waals surface area contributed by atoms with Crippen LogP contribution in [-0.2, 0) is 16.1 Å². The minimum absolute atomic E-state index is 0.131. The standard InChI is InChI=1S/C41H54ClF3N4O7/c1-41(2,3)56-40(52)47-22-16-14-12-10-8-7-9-11-13-15-21-46-38(50)36(27-18-20-33(42)48-25-27)49(26-28-17-19-29(53-4)23-32(28)54-5)39(51)30-24-31(43)35(45)37(55-6)34(30)44/h17-20,23-25,36H,7-16,21-22,26H2,1-6H3,(H,46,50)(H,47,52). The maximum absolute atomic E-state index is 15.6. The fourth-order valence-corrected chi connectivity index (χ4v) is 6.13. The van der Waals surface area contributed by atoms with E-state index in [1.807, 2.05) is 20.8 Å². The van der Waals surface area contributed by atoms with Crippen LogP contribution in [-0.4, -0.2) is 67.8 Å². The van der Waals surface area contributed by atoms with Gasteiger partial charge in [0.1, 0.15) is 28.3 Å². The van der Waals surface area contributed by atoms with Crippen LogP contribution in [0.15, 0.2) is 42.6 Å². The van der Waals surface area contributed by atoms with Gasteiger partial charge in [0.15, 0.2) is 17.4 Å². The Hall–Kier alpha value is -4.72. The molecule has 3 rings (SSSR count). The molecule has 1 unspecified atom stereocenters. The first-order valence-corrected chi connectivity index (χ1v) is 19.2. The molecule has 3 amide bonds. The minimum atomic E-state index is -1.59. The van der Waals surface area contributed by atoms with Gasteiger partial charge in [0.2, 0.25) is 11.7 Å². The lowest BCUT2D eigenvalue weighted by Gasteiger charge is -2.32. The zero-order valence-corrected chi connectivity index (χ0v) is 33.8. The van der Waals surface area contributed by atoms with E-state index >= 15 is 4.39 Å². The Bertz CT molecular complexity index is 1740. The third-order valence-corrected chi connectivity index (χ3v) is 9.07. The van der Waals surface area contributed by atoms with Crippen molar-refractivity contribution in [3.8, 4) is 17.2 Å². The summed E-state index contributed by atoms with van der Waals surface area (Å²) in [5.41, 5.74) is -0.707. The van der Waals surface area contributed by atoms with Crippen LogP contribution in [0, 0.1) is 17.5 Å². The van der Waals surface area contributed by atoms with E-state index in [0.717, 1.165) is 69.8 Å². The minimum Gasteiger partial charge on any atom is -0.497 e. The normalized spacial score (nSPS) is 11.8. The highest BCUT2D eigenvalue weighted by Crippen LogP contribution is 2.34. The molecule has 3 aromatic rings. The van der Waals surface area contributed by atoms with Crippen molar-refractivity contribution in [2.45, 2.75) is 103 Å². The van der Waals surface area contributed by atoms with Crippen molar-refractivity contribution in [2.75, 3.05) is 34.4 Å². The Balaban J connectivity index is 1.66. The first-order chi connectivity index (χ1) is 26.7. The molecule has 2 N–H and O–H groups in total. The van der Waals surface area contributed by atoms with Crippen molar-refractivity contribution < 1.29 is 46.5 Å². The predicted molar refractivity (Wildman–Crippen MR) is 208 cm³/mol. The molecule has 0 spiro atoms. The summed E-state index contributed by atoms with van der Waals surface area (Å²) in [4.78, 5) is 45.2. The number of nitrogens with zero attached hydrogens (tertiary/aromatic N) is 2. The Morgan fingerprint density at radius 2 is 1.39 bits per heavy atom. The van der Waals surface area contributed by atoms with Crippen LogP contribution < -0.4 is 24.8 Å². The number of methoxy groups -OCH3 is 3. The van der Waals surface area contributed by atoms with Gasteiger partial charge in [-0.25, -0.2) is 18.6 Å². The van der Waals surface area contributed by atoms with Crippen molar-refractivity contribution >= 4 is 29.5 Å². The Labute approximate surface area is 332 Å². The van der Waals surface area contributed by atoms with Crippen molar-refractivity contribution in [1.82, 2.24) is 20.5 Å². The third kappa shape index (κ3) is 14.1. The second-order valence-electron chi connectivity index (χ2n) is 14.3. The number of carbonyl (C=O) groups is 3. The van der Waals surface area contributed by atoms with Crippen LogP contribution in [0.5, 0.6) is 17.2 Å². The average Bonchev–Trinajstić information content (AvgIpc) is 3.16. The van der Waals surface area contributed by atoms with Crippen LogP contribution in [0.25, 0.3) is 0 Å². The highest BCUT2D eigenvalue weighted by atomic mass is 35.5. The maximum atomic E-state index is 15.6. The molecule has 0 aliphatic heterocycles. The SMILES string of the molecule is COc1ccc(CN(C(=O)c2cc(F)c(F)c(OC)c2F)C(C(=O)NCCCCCCCCCCCCNC(=O)OC(C)(C)C)c2ccc(Cl)nc2)c(OC)c1. The molecule has 0 radical (unpaired) electrons. The summed E-state index contributed by atoms with van der Waals surface area (Å²) in [6.45, 7) is 6.05. The van der Waals surface area contributed by atoms with Gasteiger partial charge in [0.05, 0.1) is 33.4 Å². The van der Waals surface area contributed by atoms with Crippen LogP contribution in [0.3, 0.4) is 0 Å². The number of hydrogen-bond donors (Lipinski definition) is 2. The highest BCUT2D eigenvalue weighted by molar-refractivity contribution is 6.29. The summed E-state index contributed by atoms with van der Waals surface area (Å²) < 4.78 is 65.6. The van der Waals surface area contributed by atoms with E-state index in [-0.39, 0.29) is 23.8 Å². The van der Waals surface area contributed by atoms with Gasteiger partial charge >= 0.3 is 6.09 Å². The Morgan fingerprint density at radius 3 is 1.93 bits per heavy atom. The van der Waals surface area contributed by atoms with Crippen molar-refractivity contribution in [2.24, 2.45) is 0 Å². The molecule has 0 fully saturated rings. The fraction of sp³-hybridized carbons (Fsp3) is 0.512. The first-order valence-electron chi connectivity index (χ1n) is 18.8. The van der Waals surface area contributed by atoms with E-state index in [1.54, 1.807) is 18.2 Å². The molecule has 0 saturated heterocycles. The van der Waals surface area contributed by atoms with Gasteiger partial charge in [-0.15, -0.1) is 0 Å². The molecule has 56 heavy (non-hydrogen) atoms. The molecule has 0 saturated carbocycles. The van der Waals surface area contributed by atoms with Gasteiger partial charge in [0.25, 0.3) is 5.91 Å². The second-order valence-corrected chi connectivity index (χ2v) is 14.6. The Kier molecular flexibility index (Phi) is 18.5. The average molecular weight is 807 g/mol. The van der Waals surface area contributed by atoms with Crippen LogP contribution in [0.1, 0.15) is 113 Å². The number of alkyl carbamates (subject to hydrolysis) is 1. The van der Waals surface area contributed by atoms with Crippen molar-refractivity contribution in [1.29, 1.82) is 0 Å². The van der Waals surface area contributed by atoms with E-state index in [1.165, 1.54) is 32.5 Å². The number of carbonyl (C=O) groups excluding carboxylic acids is 3. The fourth-order valence-electron chi connectivity index (χ4n) is 6.02. The number of amides is 3. The number of halogens is 4. The zero-order chi connectivity index (χ0) is 41.3. The smallest absolute Gasteiger partial charge is 0.407 e. The van der Waals surface area contributed by atoms with Gasteiger partial charge in [-0.3, -0.25) is 9.59 Å². The molecule has 2 aromatic carbocycles. The van der Waals surface area contributed by atoms with E-state index < -0.39 is 58.3 Å². The molecule has 15 heteroatoms. The summed E-state index contributed by atoms with van der Waals surface area (Å²) in [5, 5.41) is 5.81. The molecule has 1 aromatic heterocycles. The molecule has 308 valence electrons. The number of rotatable bonds is 22. The topological polar surface area (TPSA) is 128 Å². The lowest BCUT2D eigenvalue weighted by Crippen LogP contribution is -2.44. The van der Waals surface area contributed by atoms with Gasteiger partial charge in [-0.1, -0.05) is 69.0 Å². The summed E-state index contributed by atoms with van der Waals surface area (Å²) >= 11 is 6.06. The Morgan fingerprint density at radius 1 is 0.786 bits per heavy atom. The largest absolute Gasteiger partial charge is 0.497 e. The number of hydrogen-bond acceptors (Lipinski definition) is 8. The van der Waals surface area contributed by atoms with Gasteiger partial charge in [0, 0.05) is 36.5 Å². The summed E-state index contributed by atoms with van der Waals surface area (Å²) in [6, 6.07) is 6.79. The van der Waals surface area contributed by atoms with E-state index in [0.29, 0.717) is 36.1 Å². The lowest BCUT2D eigenvalue weighted by molar-refractivity contribution is -0.126. The number of ether oxygens (including phenoxy) is 4. The number of nitrogens with one attached hydrogen (secondary N) is 2. The molecule has 0 bridgehead atoms. The molecular weight excluding hydrogens is 753 g/mol. The quantitative estimate of drug-likeness (QED) is 0.0585. The molecular formula is C41H54ClF3N4O7. The molecule has 0 aliphatic rings. The van der Waals surface area contributed by atoms with Gasteiger partial charge in [-0.05, 0) is 57.9 Å². The van der Waals surface area contributed by atoms with E-state index in [9.17, 15) is 23.2 Å². The number of benzene rings is 2. The number of pyridine rings is 1. The van der Waals surface area contributed by atoms with Crippen LogP contribution in [0.4, 0.5) is 18.0 Å². The van der Waals surface area contributed by atoms with E-state index in [2.05, 4.69) is 15.6 Å². The number of aromatic nitrogens is 1. The first kappa shape index (κ1) is 45.7. The van der Waals surface area contributed by atoms with Crippen LogP contribution >= 0.6 is 11.6 Å². The third-order valence-electron chi connectivity index (χ3n) is 8.84.